The molecule has 0 bridgehead atoms. The molecule has 0 aliphatic rings. The third kappa shape index (κ3) is 3.54. The van der Waals surface area contributed by atoms with Gasteiger partial charge in [0, 0.05) is 0 Å². The Hall–Kier alpha value is -1.04. The minimum absolute atomic E-state index is 0.678. The monoisotopic (exact) mass is 202 g/mol. The van der Waals surface area contributed by atoms with Gasteiger partial charge < -0.3 is 0 Å². The molecule has 1 aromatic carbocycles. The van der Waals surface area contributed by atoms with Gasteiger partial charge in [0.05, 0.1) is 0 Å². The van der Waals surface area contributed by atoms with Crippen LogP contribution in [0.3, 0.4) is 0 Å². The van der Waals surface area contributed by atoms with E-state index in [4.69, 9.17) is 0 Å². The molecular formula is C15H22. The zero-order valence-electron chi connectivity index (χ0n) is 10.2. The summed E-state index contributed by atoms with van der Waals surface area (Å²) < 4.78 is 0. The van der Waals surface area contributed by atoms with Gasteiger partial charge in [0.1, 0.15) is 0 Å². The maximum absolute atomic E-state index is 2.33. The Morgan fingerprint density at radius 1 is 1.27 bits per heavy atom. The zero-order chi connectivity index (χ0) is 11.1. The van der Waals surface area contributed by atoms with Crippen LogP contribution in [-0.4, -0.2) is 0 Å². The van der Waals surface area contributed by atoms with Crippen molar-refractivity contribution >= 4 is 6.08 Å². The van der Waals surface area contributed by atoms with E-state index in [1.165, 1.54) is 30.4 Å². The highest BCUT2D eigenvalue weighted by Gasteiger charge is 2.07. The van der Waals surface area contributed by atoms with Crippen molar-refractivity contribution in [1.82, 2.24) is 0 Å². The van der Waals surface area contributed by atoms with Gasteiger partial charge in [-0.2, -0.15) is 0 Å². The molecule has 0 amide bonds. The van der Waals surface area contributed by atoms with Crippen molar-refractivity contribution in [2.45, 2.75) is 46.0 Å². The first-order valence-electron chi connectivity index (χ1n) is 6.01. The minimum Gasteiger partial charge on any atom is -0.0871 e. The van der Waals surface area contributed by atoms with Crippen molar-refractivity contribution in [3.05, 3.63) is 41.5 Å². The van der Waals surface area contributed by atoms with Crippen molar-refractivity contribution in [3.8, 4) is 0 Å². The van der Waals surface area contributed by atoms with Crippen LogP contribution in [0.25, 0.3) is 6.08 Å². The molecule has 0 saturated carbocycles. The van der Waals surface area contributed by atoms with Crippen LogP contribution in [0.4, 0.5) is 0 Å². The van der Waals surface area contributed by atoms with Crippen molar-refractivity contribution in [3.63, 3.8) is 0 Å². The average Bonchev–Trinajstić information content (AvgIpc) is 2.27. The summed E-state index contributed by atoms with van der Waals surface area (Å²) in [7, 11) is 0. The fourth-order valence-corrected chi connectivity index (χ4v) is 1.96. The fraction of sp³-hybridized carbons (Fsp3) is 0.467. The van der Waals surface area contributed by atoms with Crippen LogP contribution in [-0.2, 0) is 0 Å². The summed E-state index contributed by atoms with van der Waals surface area (Å²) in [6.07, 6.45) is 8.23. The first-order chi connectivity index (χ1) is 7.29. The summed E-state index contributed by atoms with van der Waals surface area (Å²) >= 11 is 0. The highest BCUT2D eigenvalue weighted by molar-refractivity contribution is 5.54. The zero-order valence-corrected chi connectivity index (χ0v) is 10.2. The van der Waals surface area contributed by atoms with E-state index >= 15 is 0 Å². The van der Waals surface area contributed by atoms with Crippen LogP contribution in [0.2, 0.25) is 0 Å². The average molecular weight is 202 g/mol. The largest absolute Gasteiger partial charge is 0.0871 e. The Bertz CT molecular complexity index is 310. The van der Waals surface area contributed by atoms with Crippen LogP contribution < -0.4 is 0 Å². The van der Waals surface area contributed by atoms with Crippen molar-refractivity contribution in [1.29, 1.82) is 0 Å². The summed E-state index contributed by atoms with van der Waals surface area (Å²) in [4.78, 5) is 0. The second kappa shape index (κ2) is 6.44. The summed E-state index contributed by atoms with van der Waals surface area (Å²) in [5.41, 5.74) is 2.87. The quantitative estimate of drug-likeness (QED) is 0.629. The molecule has 0 heterocycles. The van der Waals surface area contributed by atoms with Gasteiger partial charge in [0.15, 0.2) is 0 Å². The number of rotatable bonds is 5. The predicted octanol–water partition coefficient (Wildman–Crippen LogP) is 5.01. The molecular weight excluding hydrogens is 180 g/mol. The van der Waals surface area contributed by atoms with Gasteiger partial charge in [-0.15, -0.1) is 0 Å². The molecule has 1 aromatic rings. The van der Waals surface area contributed by atoms with Crippen LogP contribution >= 0.6 is 0 Å². The van der Waals surface area contributed by atoms with Crippen LogP contribution in [0, 0.1) is 0 Å². The molecule has 1 atom stereocenters. The SMILES string of the molecule is C/C=C\c1ccccc1C(C)CCCC. The van der Waals surface area contributed by atoms with Crippen molar-refractivity contribution in [2.75, 3.05) is 0 Å². The lowest BCUT2D eigenvalue weighted by atomic mass is 9.91. The Labute approximate surface area is 94.0 Å². The van der Waals surface area contributed by atoms with E-state index in [1.807, 2.05) is 0 Å². The third-order valence-electron chi connectivity index (χ3n) is 2.86. The van der Waals surface area contributed by atoms with E-state index in [-0.39, 0.29) is 0 Å². The van der Waals surface area contributed by atoms with E-state index in [1.54, 1.807) is 0 Å². The standard InChI is InChI=1S/C15H22/c1-4-6-10-13(3)15-12-8-7-11-14(15)9-5-2/h5,7-9,11-13H,4,6,10H2,1-3H3/b9-5-. The second-order valence-corrected chi connectivity index (χ2v) is 4.17. The number of unbranched alkanes of at least 4 members (excludes halogenated alkanes) is 1. The van der Waals surface area contributed by atoms with E-state index in [9.17, 15) is 0 Å². The molecule has 0 nitrogen and oxygen atoms in total. The Balaban J connectivity index is 2.82. The van der Waals surface area contributed by atoms with E-state index in [0.29, 0.717) is 5.92 Å². The molecule has 82 valence electrons. The maximum atomic E-state index is 2.33. The van der Waals surface area contributed by atoms with Gasteiger partial charge >= 0.3 is 0 Å². The van der Waals surface area contributed by atoms with E-state index in [2.05, 4.69) is 57.2 Å². The molecule has 15 heavy (non-hydrogen) atoms. The molecule has 0 aliphatic heterocycles. The molecule has 0 N–H and O–H groups in total. The molecule has 1 rings (SSSR count). The number of hydrogen-bond acceptors (Lipinski definition) is 0. The maximum Gasteiger partial charge on any atom is -0.0184 e. The minimum atomic E-state index is 0.678. The van der Waals surface area contributed by atoms with Gasteiger partial charge in [-0.1, -0.05) is 63.1 Å². The molecule has 1 unspecified atom stereocenters. The van der Waals surface area contributed by atoms with Crippen LogP contribution in [0.1, 0.15) is 57.1 Å². The number of benzene rings is 1. The third-order valence-corrected chi connectivity index (χ3v) is 2.86. The van der Waals surface area contributed by atoms with Crippen molar-refractivity contribution < 1.29 is 0 Å². The topological polar surface area (TPSA) is 0 Å². The highest BCUT2D eigenvalue weighted by atomic mass is 14.1. The molecule has 0 aliphatic carbocycles. The van der Waals surface area contributed by atoms with Gasteiger partial charge in [-0.3, -0.25) is 0 Å². The van der Waals surface area contributed by atoms with Gasteiger partial charge in [0.25, 0.3) is 0 Å². The summed E-state index contributed by atoms with van der Waals surface area (Å²) in [5.74, 6) is 0.678. The normalized spacial score (nSPS) is 13.3. The lowest BCUT2D eigenvalue weighted by Gasteiger charge is -2.14. The lowest BCUT2D eigenvalue weighted by molar-refractivity contribution is 0.623. The molecule has 0 heteroatoms. The van der Waals surface area contributed by atoms with Crippen molar-refractivity contribution in [2.24, 2.45) is 0 Å². The van der Waals surface area contributed by atoms with E-state index < -0.39 is 0 Å². The number of allylic oxidation sites excluding steroid dienone is 1. The van der Waals surface area contributed by atoms with E-state index in [0.717, 1.165) is 0 Å². The van der Waals surface area contributed by atoms with Crippen LogP contribution in [0.5, 0.6) is 0 Å². The molecule has 0 spiro atoms. The first-order valence-corrected chi connectivity index (χ1v) is 6.01. The van der Waals surface area contributed by atoms with Gasteiger partial charge in [-0.05, 0) is 30.4 Å². The predicted molar refractivity (Wildman–Crippen MR) is 69.1 cm³/mol. The molecule has 0 aromatic heterocycles. The molecule has 0 radical (unpaired) electrons. The van der Waals surface area contributed by atoms with Crippen LogP contribution in [0.15, 0.2) is 30.3 Å². The molecule has 0 fully saturated rings. The lowest BCUT2D eigenvalue weighted by Crippen LogP contribution is -1.96. The number of hydrogen-bond donors (Lipinski definition) is 0. The Morgan fingerprint density at radius 2 is 2.00 bits per heavy atom. The Kier molecular flexibility index (Phi) is 5.17. The van der Waals surface area contributed by atoms with Gasteiger partial charge in [-0.25, -0.2) is 0 Å². The molecule has 0 saturated heterocycles. The van der Waals surface area contributed by atoms with Gasteiger partial charge in [0.2, 0.25) is 0 Å². The second-order valence-electron chi connectivity index (χ2n) is 4.17. The highest BCUT2D eigenvalue weighted by Crippen LogP contribution is 2.25. The Morgan fingerprint density at radius 3 is 2.67 bits per heavy atom. The first kappa shape index (κ1) is 12.0. The summed E-state index contributed by atoms with van der Waals surface area (Å²) in [6, 6.07) is 8.73. The summed E-state index contributed by atoms with van der Waals surface area (Å²) in [6.45, 7) is 6.66. The fourth-order valence-electron chi connectivity index (χ4n) is 1.96. The summed E-state index contributed by atoms with van der Waals surface area (Å²) in [5, 5.41) is 0. The smallest absolute Gasteiger partial charge is 0.0184 e.